The number of rotatable bonds is 7. The summed E-state index contributed by atoms with van der Waals surface area (Å²) in [5, 5.41) is 1.57. The van der Waals surface area contributed by atoms with Crippen LogP contribution < -0.4 is 10.2 Å². The molecule has 1 heterocycles. The van der Waals surface area contributed by atoms with Gasteiger partial charge in [0.05, 0.1) is 0 Å². The molecule has 0 aliphatic heterocycles. The number of carbonyl (C=O) groups excluding carboxylic acids is 1. The molecule has 0 fully saturated rings. The van der Waals surface area contributed by atoms with Crippen LogP contribution in [0.1, 0.15) is 26.3 Å². The van der Waals surface area contributed by atoms with Crippen molar-refractivity contribution < 1.29 is 13.2 Å². The Morgan fingerprint density at radius 2 is 1.95 bits per heavy atom. The van der Waals surface area contributed by atoms with Crippen molar-refractivity contribution in [3.8, 4) is 0 Å². The molecule has 118 valence electrons. The van der Waals surface area contributed by atoms with Gasteiger partial charge in [-0.05, 0) is 32.4 Å². The number of sulfone groups is 1. The van der Waals surface area contributed by atoms with Gasteiger partial charge in [-0.1, -0.05) is 6.07 Å². The largest absolute Gasteiger partial charge is 0.357 e. The summed E-state index contributed by atoms with van der Waals surface area (Å²) in [7, 11) is -3.37. The number of nitrogens with zero attached hydrogens (tertiary/aromatic N) is 2. The summed E-state index contributed by atoms with van der Waals surface area (Å²) in [6.45, 7) is 7.53. The van der Waals surface area contributed by atoms with E-state index in [1.165, 1.54) is 6.92 Å². The van der Waals surface area contributed by atoms with E-state index in [4.69, 9.17) is 0 Å². The van der Waals surface area contributed by atoms with Gasteiger partial charge in [-0.15, -0.1) is 0 Å². The third-order valence-corrected chi connectivity index (χ3v) is 4.87. The number of anilines is 1. The van der Waals surface area contributed by atoms with Crippen LogP contribution in [-0.2, 0) is 21.2 Å². The van der Waals surface area contributed by atoms with E-state index in [0.29, 0.717) is 0 Å². The van der Waals surface area contributed by atoms with Crippen molar-refractivity contribution in [1.82, 2.24) is 10.3 Å². The highest BCUT2D eigenvalue weighted by Crippen LogP contribution is 2.10. The summed E-state index contributed by atoms with van der Waals surface area (Å²) in [6.07, 6.45) is 2.75. The normalized spacial score (nSPS) is 12.8. The number of nitrogens with one attached hydrogen (secondary N) is 1. The lowest BCUT2D eigenvalue weighted by molar-refractivity contribution is -0.120. The van der Waals surface area contributed by atoms with Crippen LogP contribution in [0, 0.1) is 0 Å². The maximum atomic E-state index is 11.7. The fraction of sp³-hybridized carbons (Fsp3) is 0.571. The smallest absolute Gasteiger partial charge is 0.238 e. The predicted octanol–water partition coefficient (Wildman–Crippen LogP) is 0.977. The van der Waals surface area contributed by atoms with Crippen LogP contribution >= 0.6 is 0 Å². The summed E-state index contributed by atoms with van der Waals surface area (Å²) < 4.78 is 22.6. The Morgan fingerprint density at radius 3 is 2.38 bits per heavy atom. The zero-order valence-electron chi connectivity index (χ0n) is 13.0. The second-order valence-corrected chi connectivity index (χ2v) is 7.25. The Labute approximate surface area is 126 Å². The number of hydrogen-bond donors (Lipinski definition) is 1. The minimum atomic E-state index is -3.37. The maximum Gasteiger partial charge on any atom is 0.238 e. The number of carbonyl (C=O) groups is 1. The van der Waals surface area contributed by atoms with E-state index < -0.39 is 21.0 Å². The van der Waals surface area contributed by atoms with Gasteiger partial charge in [0.25, 0.3) is 0 Å². The molecule has 0 radical (unpaired) electrons. The summed E-state index contributed by atoms with van der Waals surface area (Å²) in [5.74, 6) is 0.393. The second kappa shape index (κ2) is 7.40. The number of pyridine rings is 1. The van der Waals surface area contributed by atoms with E-state index in [9.17, 15) is 13.2 Å². The molecule has 1 atom stereocenters. The summed E-state index contributed by atoms with van der Waals surface area (Å²) >= 11 is 0. The molecule has 1 amide bonds. The lowest BCUT2D eigenvalue weighted by Gasteiger charge is -2.19. The van der Waals surface area contributed by atoms with Gasteiger partial charge in [0, 0.05) is 32.1 Å². The Hall–Kier alpha value is -1.63. The molecule has 21 heavy (non-hydrogen) atoms. The monoisotopic (exact) mass is 313 g/mol. The zero-order valence-corrected chi connectivity index (χ0v) is 13.8. The van der Waals surface area contributed by atoms with Crippen LogP contribution in [0.3, 0.4) is 0 Å². The van der Waals surface area contributed by atoms with E-state index in [0.717, 1.165) is 30.7 Å². The van der Waals surface area contributed by atoms with Gasteiger partial charge in [-0.3, -0.25) is 4.79 Å². The highest BCUT2D eigenvalue weighted by Gasteiger charge is 2.22. The third-order valence-electron chi connectivity index (χ3n) is 3.37. The van der Waals surface area contributed by atoms with Gasteiger partial charge in [0.1, 0.15) is 11.1 Å². The minimum Gasteiger partial charge on any atom is -0.357 e. The van der Waals surface area contributed by atoms with Crippen LogP contribution in [0.15, 0.2) is 18.3 Å². The first kappa shape index (κ1) is 17.4. The standard InChI is InChI=1S/C14H23N3O3S/c1-5-17(6-2)13-8-7-12(9-15-13)10-16-14(18)11(3)21(4,19)20/h7-9,11H,5-6,10H2,1-4H3,(H,16,18). The van der Waals surface area contributed by atoms with Crippen LogP contribution in [0.4, 0.5) is 5.82 Å². The lowest BCUT2D eigenvalue weighted by atomic mass is 10.2. The molecule has 0 aromatic carbocycles. The maximum absolute atomic E-state index is 11.7. The van der Waals surface area contributed by atoms with Crippen molar-refractivity contribution in [2.45, 2.75) is 32.6 Å². The molecular formula is C14H23N3O3S. The van der Waals surface area contributed by atoms with Gasteiger partial charge >= 0.3 is 0 Å². The molecule has 0 aliphatic rings. The topological polar surface area (TPSA) is 79.4 Å². The molecule has 0 spiro atoms. The molecule has 6 nitrogen and oxygen atoms in total. The van der Waals surface area contributed by atoms with E-state index >= 15 is 0 Å². The fourth-order valence-corrected chi connectivity index (χ4v) is 2.26. The zero-order chi connectivity index (χ0) is 16.0. The molecular weight excluding hydrogens is 290 g/mol. The van der Waals surface area contributed by atoms with E-state index in [2.05, 4.69) is 29.0 Å². The second-order valence-electron chi connectivity index (χ2n) is 4.89. The molecule has 7 heteroatoms. The average molecular weight is 313 g/mol. The first-order valence-electron chi connectivity index (χ1n) is 6.96. The van der Waals surface area contributed by atoms with Crippen LogP contribution in [-0.4, -0.2) is 43.9 Å². The molecule has 1 rings (SSSR count). The molecule has 1 aromatic heterocycles. The molecule has 1 aromatic rings. The Balaban J connectivity index is 2.63. The average Bonchev–Trinajstić information content (AvgIpc) is 2.45. The van der Waals surface area contributed by atoms with Crippen molar-refractivity contribution in [3.63, 3.8) is 0 Å². The predicted molar refractivity (Wildman–Crippen MR) is 84.0 cm³/mol. The number of amides is 1. The molecule has 0 saturated carbocycles. The van der Waals surface area contributed by atoms with Crippen molar-refractivity contribution in [2.75, 3.05) is 24.2 Å². The quantitative estimate of drug-likeness (QED) is 0.811. The van der Waals surface area contributed by atoms with Crippen LogP contribution in [0.2, 0.25) is 0 Å². The fourth-order valence-electron chi connectivity index (χ4n) is 1.78. The van der Waals surface area contributed by atoms with Crippen molar-refractivity contribution in [2.24, 2.45) is 0 Å². The van der Waals surface area contributed by atoms with E-state index in [-0.39, 0.29) is 6.54 Å². The Bertz CT molecular complexity index is 566. The first-order chi connectivity index (χ1) is 9.79. The van der Waals surface area contributed by atoms with Gasteiger partial charge in [-0.2, -0.15) is 0 Å². The highest BCUT2D eigenvalue weighted by atomic mass is 32.2. The van der Waals surface area contributed by atoms with Crippen molar-refractivity contribution in [3.05, 3.63) is 23.9 Å². The van der Waals surface area contributed by atoms with Gasteiger partial charge in [0.2, 0.25) is 5.91 Å². The van der Waals surface area contributed by atoms with Crippen molar-refractivity contribution >= 4 is 21.6 Å². The molecule has 0 saturated heterocycles. The van der Waals surface area contributed by atoms with Gasteiger partial charge < -0.3 is 10.2 Å². The summed E-state index contributed by atoms with van der Waals surface area (Å²) in [6, 6.07) is 3.78. The minimum absolute atomic E-state index is 0.268. The Morgan fingerprint density at radius 1 is 1.33 bits per heavy atom. The van der Waals surface area contributed by atoms with Crippen LogP contribution in [0.5, 0.6) is 0 Å². The SMILES string of the molecule is CCN(CC)c1ccc(CNC(=O)C(C)S(C)(=O)=O)cn1. The number of hydrogen-bond acceptors (Lipinski definition) is 5. The molecule has 0 aliphatic carbocycles. The van der Waals surface area contributed by atoms with E-state index in [1.54, 1.807) is 6.20 Å². The molecule has 1 N–H and O–H groups in total. The van der Waals surface area contributed by atoms with Gasteiger partial charge in [-0.25, -0.2) is 13.4 Å². The summed E-state index contributed by atoms with van der Waals surface area (Å²) in [4.78, 5) is 18.2. The first-order valence-corrected chi connectivity index (χ1v) is 8.91. The molecule has 0 bridgehead atoms. The van der Waals surface area contributed by atoms with E-state index in [1.807, 2.05) is 12.1 Å². The summed E-state index contributed by atoms with van der Waals surface area (Å²) in [5.41, 5.74) is 0.833. The molecule has 1 unspecified atom stereocenters. The highest BCUT2D eigenvalue weighted by molar-refractivity contribution is 7.92. The van der Waals surface area contributed by atoms with Gasteiger partial charge in [0.15, 0.2) is 9.84 Å². The Kier molecular flexibility index (Phi) is 6.14. The van der Waals surface area contributed by atoms with Crippen molar-refractivity contribution in [1.29, 1.82) is 0 Å². The van der Waals surface area contributed by atoms with Crippen LogP contribution in [0.25, 0.3) is 0 Å². The third kappa shape index (κ3) is 5.00. The number of aromatic nitrogens is 1. The lowest BCUT2D eigenvalue weighted by Crippen LogP contribution is -2.37.